The number of nitrogens with zero attached hydrogens (tertiary/aromatic N) is 1. The van der Waals surface area contributed by atoms with Crippen LogP contribution in [0.5, 0.6) is 0 Å². The molecule has 0 unspecified atom stereocenters. The summed E-state index contributed by atoms with van der Waals surface area (Å²) < 4.78 is 0. The molecule has 0 aliphatic heterocycles. The first-order valence-corrected chi connectivity index (χ1v) is 20.7. The topological polar surface area (TPSA) is 15.3 Å². The van der Waals surface area contributed by atoms with Crippen LogP contribution < -0.4 is 10.2 Å². The van der Waals surface area contributed by atoms with Crippen LogP contribution in [-0.4, -0.2) is 0 Å². The molecule has 0 aromatic heterocycles. The summed E-state index contributed by atoms with van der Waals surface area (Å²) in [6.07, 6.45) is 18.0. The van der Waals surface area contributed by atoms with Gasteiger partial charge in [-0.3, -0.25) is 0 Å². The van der Waals surface area contributed by atoms with Crippen LogP contribution in [0.2, 0.25) is 0 Å². The predicted octanol–water partition coefficient (Wildman–Crippen LogP) is 15.8. The van der Waals surface area contributed by atoms with Crippen molar-refractivity contribution in [3.63, 3.8) is 0 Å². The second-order valence-corrected chi connectivity index (χ2v) is 16.1. The van der Waals surface area contributed by atoms with Gasteiger partial charge in [0.2, 0.25) is 0 Å². The molecule has 0 bridgehead atoms. The molecule has 2 aliphatic rings. The van der Waals surface area contributed by atoms with Crippen molar-refractivity contribution in [2.45, 2.75) is 71.6 Å². The first-order chi connectivity index (χ1) is 27.8. The van der Waals surface area contributed by atoms with Crippen molar-refractivity contribution in [2.75, 3.05) is 10.2 Å². The monoisotopic (exact) mass is 742 g/mol. The Morgan fingerprint density at radius 2 is 1.51 bits per heavy atom. The lowest BCUT2D eigenvalue weighted by molar-refractivity contribution is 0.623. The van der Waals surface area contributed by atoms with Crippen molar-refractivity contribution >= 4 is 39.5 Å². The molecule has 6 aromatic carbocycles. The molecular formula is C55H54N2. The third-order valence-corrected chi connectivity index (χ3v) is 12.0. The lowest BCUT2D eigenvalue weighted by atomic mass is 9.77. The van der Waals surface area contributed by atoms with Crippen LogP contribution >= 0.6 is 0 Å². The Hall–Kier alpha value is -6.12. The molecule has 8 rings (SSSR count). The molecule has 6 aromatic rings. The number of hydrogen-bond acceptors (Lipinski definition) is 2. The Morgan fingerprint density at radius 1 is 0.737 bits per heavy atom. The van der Waals surface area contributed by atoms with Gasteiger partial charge in [0.15, 0.2) is 0 Å². The van der Waals surface area contributed by atoms with Crippen molar-refractivity contribution in [3.8, 4) is 22.3 Å². The van der Waals surface area contributed by atoms with Gasteiger partial charge >= 0.3 is 0 Å². The molecular weight excluding hydrogens is 689 g/mol. The van der Waals surface area contributed by atoms with Gasteiger partial charge in [-0.05, 0) is 126 Å². The molecule has 0 saturated carbocycles. The highest BCUT2D eigenvalue weighted by Gasteiger charge is 2.29. The smallest absolute Gasteiger partial charge is 0.0540 e. The van der Waals surface area contributed by atoms with Crippen molar-refractivity contribution in [2.24, 2.45) is 0 Å². The molecule has 0 spiro atoms. The Kier molecular flexibility index (Phi) is 11.0. The second kappa shape index (κ2) is 16.5. The molecule has 0 heterocycles. The molecule has 57 heavy (non-hydrogen) atoms. The normalized spacial score (nSPS) is 14.6. The highest BCUT2D eigenvalue weighted by Crippen LogP contribution is 2.45. The second-order valence-electron chi connectivity index (χ2n) is 16.1. The maximum atomic E-state index is 4.65. The van der Waals surface area contributed by atoms with Gasteiger partial charge in [-0.2, -0.15) is 0 Å². The van der Waals surface area contributed by atoms with E-state index in [0.717, 1.165) is 48.4 Å². The standard InChI is InChI=1S/C55H54N2/c1-6-7-10-20-39(2)51-38-43(31-33-53(51)56-45-25-13-9-14-26-45)48-32-34-54(50-29-17-16-28-49(48)50)57(46-27-19-24-42(36-46)41-21-11-8-12-22-41)47-35-40(3)55(4,5)52-30-18-15-23-44(52)37-47/h8-9,11-13,15-19,21-25,27-38,56H,2,6-7,10,14,20,26H2,1,3-5H3. The van der Waals surface area contributed by atoms with Gasteiger partial charge in [0, 0.05) is 39.1 Å². The summed E-state index contributed by atoms with van der Waals surface area (Å²) in [4.78, 5) is 2.47. The summed E-state index contributed by atoms with van der Waals surface area (Å²) in [5.74, 6) is 0. The molecule has 2 aliphatic carbocycles. The van der Waals surface area contributed by atoms with Crippen molar-refractivity contribution in [3.05, 3.63) is 198 Å². The first-order valence-electron chi connectivity index (χ1n) is 20.7. The molecule has 1 N–H and O–H groups in total. The summed E-state index contributed by atoms with van der Waals surface area (Å²) in [6.45, 7) is 13.9. The Morgan fingerprint density at radius 3 is 2.32 bits per heavy atom. The molecule has 0 atom stereocenters. The van der Waals surface area contributed by atoms with Gasteiger partial charge in [-0.1, -0.05) is 161 Å². The van der Waals surface area contributed by atoms with E-state index in [1.54, 1.807) is 0 Å². The number of anilines is 3. The lowest BCUT2D eigenvalue weighted by Crippen LogP contribution is -2.20. The van der Waals surface area contributed by atoms with Crippen molar-refractivity contribution in [1.29, 1.82) is 0 Å². The van der Waals surface area contributed by atoms with Crippen LogP contribution in [0.4, 0.5) is 17.1 Å². The minimum atomic E-state index is -0.123. The predicted molar refractivity (Wildman–Crippen MR) is 248 cm³/mol. The maximum absolute atomic E-state index is 4.65. The Bertz CT molecular complexity index is 2560. The van der Waals surface area contributed by atoms with E-state index in [1.165, 1.54) is 79.4 Å². The minimum Gasteiger partial charge on any atom is -0.358 e. The van der Waals surface area contributed by atoms with Gasteiger partial charge in [-0.25, -0.2) is 0 Å². The summed E-state index contributed by atoms with van der Waals surface area (Å²) in [5, 5.41) is 6.21. The van der Waals surface area contributed by atoms with E-state index in [9.17, 15) is 0 Å². The van der Waals surface area contributed by atoms with E-state index in [4.69, 9.17) is 0 Å². The number of unbranched alkanes of at least 4 members (excludes halogenated alkanes) is 2. The molecule has 0 fully saturated rings. The average Bonchev–Trinajstić information content (AvgIpc) is 3.34. The first kappa shape index (κ1) is 37.8. The van der Waals surface area contributed by atoms with Crippen LogP contribution in [0.15, 0.2) is 181 Å². The van der Waals surface area contributed by atoms with E-state index < -0.39 is 0 Å². The molecule has 0 amide bonds. The fourth-order valence-corrected chi connectivity index (χ4v) is 8.47. The van der Waals surface area contributed by atoms with E-state index in [1.807, 2.05) is 0 Å². The van der Waals surface area contributed by atoms with Crippen molar-refractivity contribution < 1.29 is 0 Å². The largest absolute Gasteiger partial charge is 0.358 e. The highest BCUT2D eigenvalue weighted by molar-refractivity contribution is 6.06. The number of benzene rings is 6. The molecule has 2 heteroatoms. The highest BCUT2D eigenvalue weighted by atomic mass is 15.1. The molecule has 284 valence electrons. The van der Waals surface area contributed by atoms with E-state index in [0.29, 0.717) is 0 Å². The SMILES string of the molecule is C=C(CCCCC)c1cc(-c2ccc(N(C3=Cc4ccccc4C(C)(C)C(C)=C3)c3cccc(-c4ccccc4)c3)c3ccccc23)ccc1NC1=CC=CCC1. The third kappa shape index (κ3) is 7.83. The van der Waals surface area contributed by atoms with Gasteiger partial charge in [0.25, 0.3) is 0 Å². The third-order valence-electron chi connectivity index (χ3n) is 12.0. The fraction of sp³-hybridized carbons (Fsp3) is 0.200. The Balaban J connectivity index is 1.30. The van der Waals surface area contributed by atoms with E-state index in [-0.39, 0.29) is 5.41 Å². The molecule has 0 radical (unpaired) electrons. The van der Waals surface area contributed by atoms with Crippen LogP contribution in [0.1, 0.15) is 82.9 Å². The van der Waals surface area contributed by atoms with Crippen LogP contribution in [0.3, 0.4) is 0 Å². The maximum Gasteiger partial charge on any atom is 0.0540 e. The van der Waals surface area contributed by atoms with Crippen LogP contribution in [0.25, 0.3) is 44.7 Å². The van der Waals surface area contributed by atoms with Gasteiger partial charge < -0.3 is 10.2 Å². The average molecular weight is 743 g/mol. The van der Waals surface area contributed by atoms with Gasteiger partial charge in [0.05, 0.1) is 5.69 Å². The zero-order valence-corrected chi connectivity index (χ0v) is 34.0. The quantitative estimate of drug-likeness (QED) is 0.126. The van der Waals surface area contributed by atoms with E-state index >= 15 is 0 Å². The summed E-state index contributed by atoms with van der Waals surface area (Å²) >= 11 is 0. The van der Waals surface area contributed by atoms with Gasteiger partial charge in [-0.15, -0.1) is 0 Å². The van der Waals surface area contributed by atoms with Crippen LogP contribution in [0, 0.1) is 0 Å². The number of hydrogen-bond donors (Lipinski definition) is 1. The van der Waals surface area contributed by atoms with E-state index in [2.05, 4.69) is 208 Å². The summed E-state index contributed by atoms with van der Waals surface area (Å²) in [5.41, 5.74) is 16.8. The zero-order chi connectivity index (χ0) is 39.4. The number of nitrogens with one attached hydrogen (secondary N) is 1. The molecule has 0 saturated heterocycles. The fourth-order valence-electron chi connectivity index (χ4n) is 8.47. The minimum absolute atomic E-state index is 0.123. The number of fused-ring (bicyclic) bond motifs is 2. The van der Waals surface area contributed by atoms with Crippen molar-refractivity contribution in [1.82, 2.24) is 0 Å². The number of rotatable bonds is 12. The zero-order valence-electron chi connectivity index (χ0n) is 34.0. The van der Waals surface area contributed by atoms with Crippen LogP contribution in [-0.2, 0) is 5.41 Å². The summed E-state index contributed by atoms with van der Waals surface area (Å²) in [7, 11) is 0. The lowest BCUT2D eigenvalue weighted by Gasteiger charge is -2.30. The molecule has 2 nitrogen and oxygen atoms in total. The number of allylic oxidation sites excluding steroid dienone is 7. The Labute approximate surface area is 340 Å². The van der Waals surface area contributed by atoms with Gasteiger partial charge in [0.1, 0.15) is 0 Å². The summed E-state index contributed by atoms with van der Waals surface area (Å²) in [6, 6.07) is 49.1.